The third kappa shape index (κ3) is 2.15. The minimum Gasteiger partial charge on any atom is -0.352 e. The Morgan fingerprint density at radius 1 is 1.67 bits per heavy atom. The zero-order valence-electron chi connectivity index (χ0n) is 8.61. The quantitative estimate of drug-likeness (QED) is 0.734. The molecule has 0 spiro atoms. The fraction of sp³-hybridized carbons (Fsp3) is 0.600. The van der Waals surface area contributed by atoms with E-state index in [4.69, 9.17) is 11.6 Å². The van der Waals surface area contributed by atoms with E-state index in [1.165, 1.54) is 0 Å². The average Bonchev–Trinajstić information content (AvgIpc) is 2.23. The molecule has 0 aliphatic carbocycles. The first-order valence-corrected chi connectivity index (χ1v) is 5.55. The van der Waals surface area contributed by atoms with Gasteiger partial charge in [0.05, 0.1) is 0 Å². The lowest BCUT2D eigenvalue weighted by molar-refractivity contribution is 0.451. The van der Waals surface area contributed by atoms with Crippen molar-refractivity contribution >= 4 is 17.4 Å². The molecule has 1 aromatic rings. The first-order chi connectivity index (χ1) is 7.18. The number of aromatic nitrogens is 2. The maximum Gasteiger partial charge on any atom is 0.290 e. The predicted molar refractivity (Wildman–Crippen MR) is 60.5 cm³/mol. The molecule has 1 N–H and O–H groups in total. The summed E-state index contributed by atoms with van der Waals surface area (Å²) in [5.41, 5.74) is -0.127. The Kier molecular flexibility index (Phi) is 2.95. The molecule has 2 heterocycles. The molecule has 2 rings (SSSR count). The van der Waals surface area contributed by atoms with E-state index in [0.29, 0.717) is 11.7 Å². The van der Waals surface area contributed by atoms with Crippen molar-refractivity contribution in [2.75, 3.05) is 18.0 Å². The molecule has 0 radical (unpaired) electrons. The first-order valence-electron chi connectivity index (χ1n) is 5.11. The van der Waals surface area contributed by atoms with E-state index in [1.807, 2.05) is 4.90 Å². The molecular formula is C10H14ClN3O. The second-order valence-corrected chi connectivity index (χ2v) is 4.53. The molecule has 15 heavy (non-hydrogen) atoms. The van der Waals surface area contributed by atoms with Crippen LogP contribution in [0, 0.1) is 5.92 Å². The minimum absolute atomic E-state index is 0.127. The third-order valence-electron chi connectivity index (χ3n) is 2.79. The van der Waals surface area contributed by atoms with Gasteiger partial charge in [-0.1, -0.05) is 6.92 Å². The lowest BCUT2D eigenvalue weighted by Gasteiger charge is -2.34. The Morgan fingerprint density at radius 3 is 3.13 bits per heavy atom. The number of nitrogens with one attached hydrogen (secondary N) is 1. The zero-order chi connectivity index (χ0) is 10.8. The summed E-state index contributed by atoms with van der Waals surface area (Å²) in [6, 6.07) is 0. The summed E-state index contributed by atoms with van der Waals surface area (Å²) >= 11 is 6.13. The fourth-order valence-electron chi connectivity index (χ4n) is 1.88. The number of halogens is 1. The molecule has 4 nitrogen and oxygen atoms in total. The summed E-state index contributed by atoms with van der Waals surface area (Å²) in [6.45, 7) is 3.70. The lowest BCUT2D eigenvalue weighted by atomic mass is 10.00. The van der Waals surface area contributed by atoms with Crippen molar-refractivity contribution in [3.63, 3.8) is 0 Å². The van der Waals surface area contributed by atoms with Gasteiger partial charge in [0, 0.05) is 30.9 Å². The molecule has 0 aromatic carbocycles. The van der Waals surface area contributed by atoms with Gasteiger partial charge in [-0.3, -0.25) is 4.79 Å². The Labute approximate surface area is 93.3 Å². The molecule has 2 unspecified atom stereocenters. The maximum atomic E-state index is 11.5. The number of rotatable bonds is 1. The monoisotopic (exact) mass is 227 g/mol. The van der Waals surface area contributed by atoms with Crippen LogP contribution in [0.3, 0.4) is 0 Å². The SMILES string of the molecule is CC1CN(c2ncc[nH]c2=O)CCC1Cl. The van der Waals surface area contributed by atoms with Crippen molar-refractivity contribution in [1.29, 1.82) is 0 Å². The van der Waals surface area contributed by atoms with Gasteiger partial charge in [-0.05, 0) is 12.3 Å². The van der Waals surface area contributed by atoms with Crippen LogP contribution in [0.1, 0.15) is 13.3 Å². The Balaban J connectivity index is 2.19. The molecule has 82 valence electrons. The van der Waals surface area contributed by atoms with Crippen LogP contribution >= 0.6 is 11.6 Å². The molecule has 0 saturated carbocycles. The number of aromatic amines is 1. The maximum absolute atomic E-state index is 11.5. The standard InChI is InChI=1S/C10H14ClN3O/c1-7-6-14(5-2-8(7)11)9-10(15)13-4-3-12-9/h3-4,7-8H,2,5-6H2,1H3,(H,13,15). The molecule has 2 atom stereocenters. The number of H-pyrrole nitrogens is 1. The van der Waals surface area contributed by atoms with Gasteiger partial charge in [-0.2, -0.15) is 0 Å². The van der Waals surface area contributed by atoms with Crippen LogP contribution < -0.4 is 10.5 Å². The Hall–Kier alpha value is -1.03. The number of alkyl halides is 1. The van der Waals surface area contributed by atoms with E-state index in [0.717, 1.165) is 19.5 Å². The summed E-state index contributed by atoms with van der Waals surface area (Å²) in [5.74, 6) is 0.898. The van der Waals surface area contributed by atoms with Crippen molar-refractivity contribution in [2.24, 2.45) is 5.92 Å². The Bertz CT molecular complexity index is 392. The topological polar surface area (TPSA) is 49.0 Å². The fourth-order valence-corrected chi connectivity index (χ4v) is 2.06. The number of hydrogen-bond acceptors (Lipinski definition) is 3. The summed E-state index contributed by atoms with van der Waals surface area (Å²) < 4.78 is 0. The molecular weight excluding hydrogens is 214 g/mol. The molecule has 1 fully saturated rings. The van der Waals surface area contributed by atoms with Crippen LogP contribution in [0.2, 0.25) is 0 Å². The number of piperidine rings is 1. The highest BCUT2D eigenvalue weighted by Crippen LogP contribution is 2.23. The summed E-state index contributed by atoms with van der Waals surface area (Å²) in [7, 11) is 0. The van der Waals surface area contributed by atoms with Crippen LogP contribution in [0.5, 0.6) is 0 Å². The van der Waals surface area contributed by atoms with E-state index in [2.05, 4.69) is 16.9 Å². The lowest BCUT2D eigenvalue weighted by Crippen LogP contribution is -2.42. The van der Waals surface area contributed by atoms with Crippen LogP contribution in [0.25, 0.3) is 0 Å². The van der Waals surface area contributed by atoms with Gasteiger partial charge in [0.1, 0.15) is 0 Å². The molecule has 1 aliphatic rings. The summed E-state index contributed by atoms with van der Waals surface area (Å²) in [5, 5.41) is 0.212. The second kappa shape index (κ2) is 4.23. The van der Waals surface area contributed by atoms with Crippen molar-refractivity contribution in [2.45, 2.75) is 18.7 Å². The molecule has 1 saturated heterocycles. The Morgan fingerprint density at radius 2 is 2.47 bits per heavy atom. The van der Waals surface area contributed by atoms with Gasteiger partial charge < -0.3 is 9.88 Å². The van der Waals surface area contributed by atoms with Crippen LogP contribution in [0.15, 0.2) is 17.2 Å². The van der Waals surface area contributed by atoms with E-state index < -0.39 is 0 Å². The predicted octanol–water partition coefficient (Wildman–Crippen LogP) is 1.22. The van der Waals surface area contributed by atoms with Crippen molar-refractivity contribution in [1.82, 2.24) is 9.97 Å². The van der Waals surface area contributed by atoms with E-state index >= 15 is 0 Å². The highest BCUT2D eigenvalue weighted by atomic mass is 35.5. The van der Waals surface area contributed by atoms with Gasteiger partial charge in [0.2, 0.25) is 0 Å². The normalized spacial score (nSPS) is 26.7. The zero-order valence-corrected chi connectivity index (χ0v) is 9.37. The number of nitrogens with zero attached hydrogens (tertiary/aromatic N) is 2. The number of hydrogen-bond donors (Lipinski definition) is 1. The molecule has 1 aromatic heterocycles. The molecule has 0 bridgehead atoms. The van der Waals surface area contributed by atoms with Crippen LogP contribution in [-0.2, 0) is 0 Å². The van der Waals surface area contributed by atoms with Crippen LogP contribution in [0.4, 0.5) is 5.82 Å². The minimum atomic E-state index is -0.127. The van der Waals surface area contributed by atoms with E-state index in [9.17, 15) is 4.79 Å². The van der Waals surface area contributed by atoms with Gasteiger partial charge >= 0.3 is 0 Å². The summed E-state index contributed by atoms with van der Waals surface area (Å²) in [6.07, 6.45) is 4.05. The van der Waals surface area contributed by atoms with Gasteiger partial charge in [-0.25, -0.2) is 4.98 Å². The van der Waals surface area contributed by atoms with E-state index in [-0.39, 0.29) is 10.9 Å². The second-order valence-electron chi connectivity index (χ2n) is 3.97. The highest BCUT2D eigenvalue weighted by molar-refractivity contribution is 6.20. The largest absolute Gasteiger partial charge is 0.352 e. The van der Waals surface area contributed by atoms with Crippen molar-refractivity contribution in [3.05, 3.63) is 22.7 Å². The van der Waals surface area contributed by atoms with Gasteiger partial charge in [0.25, 0.3) is 5.56 Å². The number of anilines is 1. The van der Waals surface area contributed by atoms with Crippen LogP contribution in [-0.4, -0.2) is 28.4 Å². The van der Waals surface area contributed by atoms with E-state index in [1.54, 1.807) is 12.4 Å². The third-order valence-corrected chi connectivity index (χ3v) is 3.44. The average molecular weight is 228 g/mol. The summed E-state index contributed by atoms with van der Waals surface area (Å²) in [4.78, 5) is 20.2. The van der Waals surface area contributed by atoms with Gasteiger partial charge in [0.15, 0.2) is 5.82 Å². The highest BCUT2D eigenvalue weighted by Gasteiger charge is 2.26. The van der Waals surface area contributed by atoms with Gasteiger partial charge in [-0.15, -0.1) is 11.6 Å². The molecule has 1 aliphatic heterocycles. The first kappa shape index (κ1) is 10.5. The smallest absolute Gasteiger partial charge is 0.290 e. The van der Waals surface area contributed by atoms with Crippen molar-refractivity contribution < 1.29 is 0 Å². The van der Waals surface area contributed by atoms with Crippen molar-refractivity contribution in [3.8, 4) is 0 Å². The molecule has 5 heteroatoms. The molecule has 0 amide bonds.